The average Bonchev–Trinajstić information content (AvgIpc) is 2.04. The Morgan fingerprint density at radius 3 is 2.46 bits per heavy atom. The molecule has 0 saturated heterocycles. The SMILES string of the molecule is C=C(C)/C=C(\C)c1cnc(C)cn1. The first-order valence-electron chi connectivity index (χ1n) is 4.22. The third-order valence-corrected chi connectivity index (χ3v) is 1.65. The number of hydrogen-bond donors (Lipinski definition) is 0. The molecule has 0 aromatic carbocycles. The lowest BCUT2D eigenvalue weighted by Gasteiger charge is -1.99. The maximum atomic E-state index is 4.26. The van der Waals surface area contributed by atoms with Crippen LogP contribution in [0.3, 0.4) is 0 Å². The lowest BCUT2D eigenvalue weighted by Crippen LogP contribution is -1.89. The Morgan fingerprint density at radius 1 is 1.31 bits per heavy atom. The fraction of sp³-hybridized carbons (Fsp3) is 0.273. The molecular weight excluding hydrogens is 160 g/mol. The molecule has 2 heteroatoms. The third kappa shape index (κ3) is 2.82. The molecule has 1 aromatic rings. The Bertz CT molecular complexity index is 334. The fourth-order valence-electron chi connectivity index (χ4n) is 1.04. The van der Waals surface area contributed by atoms with E-state index in [2.05, 4.69) is 16.5 Å². The van der Waals surface area contributed by atoms with Crippen molar-refractivity contribution < 1.29 is 0 Å². The summed E-state index contributed by atoms with van der Waals surface area (Å²) in [5.74, 6) is 0. The van der Waals surface area contributed by atoms with Crippen LogP contribution in [0.5, 0.6) is 0 Å². The Kier molecular flexibility index (Phi) is 2.96. The Hall–Kier alpha value is -1.44. The molecule has 0 atom stereocenters. The first-order chi connectivity index (χ1) is 6.09. The van der Waals surface area contributed by atoms with Gasteiger partial charge in [-0.25, -0.2) is 0 Å². The smallest absolute Gasteiger partial charge is 0.0842 e. The fourth-order valence-corrected chi connectivity index (χ4v) is 1.04. The van der Waals surface area contributed by atoms with Crippen LogP contribution in [0.25, 0.3) is 5.57 Å². The van der Waals surface area contributed by atoms with Crippen molar-refractivity contribution in [3.63, 3.8) is 0 Å². The number of nitrogens with zero attached hydrogens (tertiary/aromatic N) is 2. The minimum atomic E-state index is 0.911. The predicted molar refractivity (Wildman–Crippen MR) is 55.2 cm³/mol. The van der Waals surface area contributed by atoms with Crippen LogP contribution in [0.1, 0.15) is 25.2 Å². The van der Waals surface area contributed by atoms with E-state index < -0.39 is 0 Å². The summed E-state index contributed by atoms with van der Waals surface area (Å²) in [4.78, 5) is 8.43. The average molecular weight is 174 g/mol. The van der Waals surface area contributed by atoms with Crippen molar-refractivity contribution in [2.75, 3.05) is 0 Å². The van der Waals surface area contributed by atoms with Gasteiger partial charge >= 0.3 is 0 Å². The van der Waals surface area contributed by atoms with Gasteiger partial charge in [0.1, 0.15) is 0 Å². The maximum Gasteiger partial charge on any atom is 0.0842 e. The molecule has 0 radical (unpaired) electrons. The summed E-state index contributed by atoms with van der Waals surface area (Å²) in [6.45, 7) is 9.71. The van der Waals surface area contributed by atoms with Gasteiger partial charge in [0.25, 0.3) is 0 Å². The highest BCUT2D eigenvalue weighted by Crippen LogP contribution is 2.11. The van der Waals surface area contributed by atoms with Crippen LogP contribution in [0.2, 0.25) is 0 Å². The molecule has 0 bridgehead atoms. The van der Waals surface area contributed by atoms with E-state index >= 15 is 0 Å². The van der Waals surface area contributed by atoms with E-state index in [0.29, 0.717) is 0 Å². The minimum absolute atomic E-state index is 0.911. The quantitative estimate of drug-likeness (QED) is 0.644. The van der Waals surface area contributed by atoms with E-state index in [1.54, 1.807) is 12.4 Å². The normalized spacial score (nSPS) is 11.5. The van der Waals surface area contributed by atoms with Gasteiger partial charge in [0.15, 0.2) is 0 Å². The molecule has 0 aliphatic rings. The van der Waals surface area contributed by atoms with Gasteiger partial charge in [0, 0.05) is 6.20 Å². The Morgan fingerprint density at radius 2 is 2.00 bits per heavy atom. The highest BCUT2D eigenvalue weighted by molar-refractivity contribution is 5.62. The van der Waals surface area contributed by atoms with Crippen LogP contribution in [-0.2, 0) is 0 Å². The van der Waals surface area contributed by atoms with E-state index in [0.717, 1.165) is 22.5 Å². The topological polar surface area (TPSA) is 25.8 Å². The van der Waals surface area contributed by atoms with Gasteiger partial charge in [-0.1, -0.05) is 18.2 Å². The highest BCUT2D eigenvalue weighted by Gasteiger charge is 1.96. The number of hydrogen-bond acceptors (Lipinski definition) is 2. The second-order valence-corrected chi connectivity index (χ2v) is 3.22. The lowest BCUT2D eigenvalue weighted by molar-refractivity contribution is 1.09. The van der Waals surface area contributed by atoms with Crippen LogP contribution >= 0.6 is 0 Å². The van der Waals surface area contributed by atoms with Gasteiger partial charge in [-0.3, -0.25) is 9.97 Å². The van der Waals surface area contributed by atoms with Crippen LogP contribution in [0, 0.1) is 6.92 Å². The monoisotopic (exact) mass is 174 g/mol. The van der Waals surface area contributed by atoms with E-state index in [4.69, 9.17) is 0 Å². The molecule has 0 saturated carbocycles. The first-order valence-corrected chi connectivity index (χ1v) is 4.22. The molecule has 1 heterocycles. The molecule has 0 amide bonds. The molecular formula is C11H14N2. The van der Waals surface area contributed by atoms with Crippen molar-refractivity contribution >= 4 is 5.57 Å². The second kappa shape index (κ2) is 3.99. The zero-order chi connectivity index (χ0) is 9.84. The van der Waals surface area contributed by atoms with Gasteiger partial charge in [-0.2, -0.15) is 0 Å². The first kappa shape index (κ1) is 9.65. The van der Waals surface area contributed by atoms with E-state index in [-0.39, 0.29) is 0 Å². The molecule has 1 rings (SSSR count). The van der Waals surface area contributed by atoms with Crippen LogP contribution in [0.4, 0.5) is 0 Å². The highest BCUT2D eigenvalue weighted by atomic mass is 14.8. The van der Waals surface area contributed by atoms with E-state index in [1.165, 1.54) is 0 Å². The third-order valence-electron chi connectivity index (χ3n) is 1.65. The number of rotatable bonds is 2. The van der Waals surface area contributed by atoms with Gasteiger partial charge < -0.3 is 0 Å². The number of aryl methyl sites for hydroxylation is 1. The molecule has 0 N–H and O–H groups in total. The van der Waals surface area contributed by atoms with Gasteiger partial charge in [0.2, 0.25) is 0 Å². The van der Waals surface area contributed by atoms with Crippen LogP contribution in [-0.4, -0.2) is 9.97 Å². The molecule has 1 aromatic heterocycles. The molecule has 0 fully saturated rings. The molecule has 0 aliphatic heterocycles. The lowest BCUT2D eigenvalue weighted by atomic mass is 10.1. The summed E-state index contributed by atoms with van der Waals surface area (Å²) in [5.41, 5.74) is 3.97. The van der Waals surface area contributed by atoms with Crippen molar-refractivity contribution in [2.45, 2.75) is 20.8 Å². The van der Waals surface area contributed by atoms with E-state index in [9.17, 15) is 0 Å². The summed E-state index contributed by atoms with van der Waals surface area (Å²) >= 11 is 0. The molecule has 13 heavy (non-hydrogen) atoms. The van der Waals surface area contributed by atoms with Crippen molar-refractivity contribution in [1.82, 2.24) is 9.97 Å². The molecule has 0 aliphatic carbocycles. The van der Waals surface area contributed by atoms with E-state index in [1.807, 2.05) is 26.8 Å². The summed E-state index contributed by atoms with van der Waals surface area (Å²) < 4.78 is 0. The van der Waals surface area contributed by atoms with Crippen molar-refractivity contribution in [3.05, 3.63) is 42.0 Å². The zero-order valence-corrected chi connectivity index (χ0v) is 8.33. The van der Waals surface area contributed by atoms with Crippen molar-refractivity contribution in [1.29, 1.82) is 0 Å². The zero-order valence-electron chi connectivity index (χ0n) is 8.33. The Labute approximate surface area is 79.0 Å². The summed E-state index contributed by atoms with van der Waals surface area (Å²) in [6.07, 6.45) is 5.55. The van der Waals surface area contributed by atoms with Gasteiger partial charge in [0.05, 0.1) is 17.6 Å². The second-order valence-electron chi connectivity index (χ2n) is 3.22. The largest absolute Gasteiger partial charge is 0.258 e. The minimum Gasteiger partial charge on any atom is -0.258 e. The van der Waals surface area contributed by atoms with Crippen LogP contribution < -0.4 is 0 Å². The molecule has 0 unspecified atom stereocenters. The van der Waals surface area contributed by atoms with Crippen LogP contribution in [0.15, 0.2) is 30.6 Å². The standard InChI is InChI=1S/C11H14N2/c1-8(2)5-9(3)11-7-12-10(4)6-13-11/h5-7H,1H2,2-4H3/b9-5+. The van der Waals surface area contributed by atoms with Crippen molar-refractivity contribution in [2.24, 2.45) is 0 Å². The van der Waals surface area contributed by atoms with Crippen molar-refractivity contribution in [3.8, 4) is 0 Å². The predicted octanol–water partition coefficient (Wildman–Crippen LogP) is 2.76. The molecule has 2 nitrogen and oxygen atoms in total. The number of allylic oxidation sites excluding steroid dienone is 3. The maximum absolute atomic E-state index is 4.26. The van der Waals surface area contributed by atoms with Gasteiger partial charge in [-0.05, 0) is 26.3 Å². The number of aromatic nitrogens is 2. The molecule has 0 spiro atoms. The molecule has 68 valence electrons. The summed E-state index contributed by atoms with van der Waals surface area (Å²) in [7, 11) is 0. The Balaban J connectivity index is 2.96. The summed E-state index contributed by atoms with van der Waals surface area (Å²) in [5, 5.41) is 0. The summed E-state index contributed by atoms with van der Waals surface area (Å²) in [6, 6.07) is 0. The van der Waals surface area contributed by atoms with Gasteiger partial charge in [-0.15, -0.1) is 0 Å².